The van der Waals surface area contributed by atoms with Crippen LogP contribution in [0.2, 0.25) is 0 Å². The number of rotatable bonds is 5. The molecule has 1 amide bonds. The van der Waals surface area contributed by atoms with Gasteiger partial charge in [-0.05, 0) is 18.8 Å². The van der Waals surface area contributed by atoms with Gasteiger partial charge in [0.25, 0.3) is 0 Å². The molecule has 1 rings (SSSR count). The standard InChI is InChI=1S/C10H19NO3S/c1-2-3-4-10(12)11-7-9-5-6-15(13,14)8-9/h9H,2-8H2,1H3,(H,11,12). The Bertz CT molecular complexity index is 311. The van der Waals surface area contributed by atoms with E-state index in [9.17, 15) is 13.2 Å². The first kappa shape index (κ1) is 12.5. The smallest absolute Gasteiger partial charge is 0.220 e. The van der Waals surface area contributed by atoms with Crippen LogP contribution < -0.4 is 5.32 Å². The number of hydrogen-bond acceptors (Lipinski definition) is 3. The number of hydrogen-bond donors (Lipinski definition) is 1. The molecule has 1 unspecified atom stereocenters. The molecular formula is C10H19NO3S. The highest BCUT2D eigenvalue weighted by atomic mass is 32.2. The molecule has 1 N–H and O–H groups in total. The Hall–Kier alpha value is -0.580. The Morgan fingerprint density at radius 1 is 1.47 bits per heavy atom. The molecule has 0 radical (unpaired) electrons. The molecular weight excluding hydrogens is 214 g/mol. The lowest BCUT2D eigenvalue weighted by molar-refractivity contribution is -0.121. The molecule has 0 aromatic rings. The zero-order valence-corrected chi connectivity index (χ0v) is 9.98. The number of carbonyl (C=O) groups is 1. The summed E-state index contributed by atoms with van der Waals surface area (Å²) in [4.78, 5) is 11.3. The molecule has 0 bridgehead atoms. The molecule has 0 saturated carbocycles. The average Bonchev–Trinajstić information content (AvgIpc) is 2.52. The molecule has 5 heteroatoms. The van der Waals surface area contributed by atoms with E-state index in [-0.39, 0.29) is 23.3 Å². The molecule has 15 heavy (non-hydrogen) atoms. The molecule has 88 valence electrons. The van der Waals surface area contributed by atoms with Gasteiger partial charge in [0.05, 0.1) is 11.5 Å². The van der Waals surface area contributed by atoms with Crippen LogP contribution in [0.5, 0.6) is 0 Å². The maximum absolute atomic E-state index is 11.3. The molecule has 1 aliphatic rings. The highest BCUT2D eigenvalue weighted by Crippen LogP contribution is 2.17. The van der Waals surface area contributed by atoms with Crippen molar-refractivity contribution in [3.05, 3.63) is 0 Å². The van der Waals surface area contributed by atoms with Crippen molar-refractivity contribution in [3.8, 4) is 0 Å². The van der Waals surface area contributed by atoms with E-state index >= 15 is 0 Å². The van der Waals surface area contributed by atoms with Crippen molar-refractivity contribution in [2.75, 3.05) is 18.1 Å². The van der Waals surface area contributed by atoms with Crippen LogP contribution in [0.1, 0.15) is 32.6 Å². The van der Waals surface area contributed by atoms with Gasteiger partial charge in [0.15, 0.2) is 9.84 Å². The highest BCUT2D eigenvalue weighted by Gasteiger charge is 2.27. The molecule has 0 aromatic heterocycles. The van der Waals surface area contributed by atoms with Crippen LogP contribution in [0.4, 0.5) is 0 Å². The minimum atomic E-state index is -2.81. The van der Waals surface area contributed by atoms with Gasteiger partial charge < -0.3 is 5.32 Å². The predicted molar refractivity (Wildman–Crippen MR) is 59.3 cm³/mol. The maximum atomic E-state index is 11.3. The minimum Gasteiger partial charge on any atom is -0.356 e. The van der Waals surface area contributed by atoms with E-state index in [2.05, 4.69) is 5.32 Å². The summed E-state index contributed by atoms with van der Waals surface area (Å²) in [5.74, 6) is 0.686. The van der Waals surface area contributed by atoms with Gasteiger partial charge in [-0.25, -0.2) is 8.42 Å². The fourth-order valence-electron chi connectivity index (χ4n) is 1.72. The Labute approximate surface area is 91.4 Å². The molecule has 0 aliphatic carbocycles. The number of sulfone groups is 1. The van der Waals surface area contributed by atoms with Crippen molar-refractivity contribution in [1.29, 1.82) is 0 Å². The summed E-state index contributed by atoms with van der Waals surface area (Å²) in [7, 11) is -2.81. The van der Waals surface area contributed by atoms with Gasteiger partial charge in [-0.3, -0.25) is 4.79 Å². The second kappa shape index (κ2) is 5.49. The molecule has 1 fully saturated rings. The number of carbonyl (C=O) groups excluding carboxylic acids is 1. The van der Waals surface area contributed by atoms with Gasteiger partial charge in [-0.2, -0.15) is 0 Å². The Morgan fingerprint density at radius 3 is 2.73 bits per heavy atom. The SMILES string of the molecule is CCCCC(=O)NCC1CCS(=O)(=O)C1. The van der Waals surface area contributed by atoms with Crippen LogP contribution in [0.15, 0.2) is 0 Å². The molecule has 0 aromatic carbocycles. The largest absolute Gasteiger partial charge is 0.356 e. The van der Waals surface area contributed by atoms with Crippen molar-refractivity contribution < 1.29 is 13.2 Å². The second-order valence-electron chi connectivity index (χ2n) is 4.18. The molecule has 1 atom stereocenters. The minimum absolute atomic E-state index is 0.0427. The van der Waals surface area contributed by atoms with Crippen molar-refractivity contribution in [3.63, 3.8) is 0 Å². The van der Waals surface area contributed by atoms with Crippen LogP contribution in [0, 0.1) is 5.92 Å². The summed E-state index contributed by atoms with van der Waals surface area (Å²) in [6.07, 6.45) is 3.15. The molecule has 0 spiro atoms. The van der Waals surface area contributed by atoms with E-state index in [1.807, 2.05) is 6.92 Å². The fourth-order valence-corrected chi connectivity index (χ4v) is 3.58. The summed E-state index contributed by atoms with van der Waals surface area (Å²) in [6.45, 7) is 2.55. The van der Waals surface area contributed by atoms with E-state index in [1.165, 1.54) is 0 Å². The number of nitrogens with one attached hydrogen (secondary N) is 1. The fraction of sp³-hybridized carbons (Fsp3) is 0.900. The summed E-state index contributed by atoms with van der Waals surface area (Å²) in [6, 6.07) is 0. The Morgan fingerprint density at radius 2 is 2.20 bits per heavy atom. The third-order valence-electron chi connectivity index (χ3n) is 2.67. The Kier molecular flexibility index (Phi) is 4.57. The third kappa shape index (κ3) is 4.64. The van der Waals surface area contributed by atoms with Gasteiger partial charge in [-0.15, -0.1) is 0 Å². The van der Waals surface area contributed by atoms with Crippen LogP contribution in [0.3, 0.4) is 0 Å². The lowest BCUT2D eigenvalue weighted by atomic mass is 10.1. The zero-order chi connectivity index (χ0) is 11.3. The van der Waals surface area contributed by atoms with Gasteiger partial charge >= 0.3 is 0 Å². The molecule has 1 aliphatic heterocycles. The quantitative estimate of drug-likeness (QED) is 0.761. The van der Waals surface area contributed by atoms with Gasteiger partial charge in [0.1, 0.15) is 0 Å². The topological polar surface area (TPSA) is 63.2 Å². The number of unbranched alkanes of at least 4 members (excludes halogenated alkanes) is 1. The van der Waals surface area contributed by atoms with Crippen molar-refractivity contribution in [1.82, 2.24) is 5.32 Å². The third-order valence-corrected chi connectivity index (χ3v) is 4.51. The van der Waals surface area contributed by atoms with Crippen LogP contribution in [-0.4, -0.2) is 32.4 Å². The lowest BCUT2D eigenvalue weighted by Crippen LogP contribution is -2.29. The number of amides is 1. The molecule has 1 saturated heterocycles. The van der Waals surface area contributed by atoms with Crippen LogP contribution >= 0.6 is 0 Å². The highest BCUT2D eigenvalue weighted by molar-refractivity contribution is 7.91. The van der Waals surface area contributed by atoms with E-state index in [4.69, 9.17) is 0 Å². The van der Waals surface area contributed by atoms with E-state index in [1.54, 1.807) is 0 Å². The second-order valence-corrected chi connectivity index (χ2v) is 6.41. The van der Waals surface area contributed by atoms with Crippen molar-refractivity contribution in [2.24, 2.45) is 5.92 Å². The first-order valence-corrected chi connectivity index (χ1v) is 7.33. The van der Waals surface area contributed by atoms with Gasteiger partial charge in [0.2, 0.25) is 5.91 Å². The van der Waals surface area contributed by atoms with Gasteiger partial charge in [0, 0.05) is 13.0 Å². The summed E-state index contributed by atoms with van der Waals surface area (Å²) in [5, 5.41) is 2.79. The normalized spacial score (nSPS) is 23.9. The first-order valence-electron chi connectivity index (χ1n) is 5.50. The van der Waals surface area contributed by atoms with E-state index in [0.717, 1.165) is 12.8 Å². The lowest BCUT2D eigenvalue weighted by Gasteiger charge is -2.08. The first-order chi connectivity index (χ1) is 7.03. The van der Waals surface area contributed by atoms with Crippen LogP contribution in [0.25, 0.3) is 0 Å². The Balaban J connectivity index is 2.18. The van der Waals surface area contributed by atoms with Crippen LogP contribution in [-0.2, 0) is 14.6 Å². The van der Waals surface area contributed by atoms with E-state index in [0.29, 0.717) is 19.4 Å². The van der Waals surface area contributed by atoms with Gasteiger partial charge in [-0.1, -0.05) is 13.3 Å². The van der Waals surface area contributed by atoms with Crippen molar-refractivity contribution >= 4 is 15.7 Å². The molecule has 1 heterocycles. The summed E-state index contributed by atoms with van der Waals surface area (Å²) < 4.78 is 22.3. The monoisotopic (exact) mass is 233 g/mol. The maximum Gasteiger partial charge on any atom is 0.220 e. The average molecular weight is 233 g/mol. The summed E-state index contributed by atoms with van der Waals surface area (Å²) in [5.41, 5.74) is 0. The zero-order valence-electron chi connectivity index (χ0n) is 9.16. The summed E-state index contributed by atoms with van der Waals surface area (Å²) >= 11 is 0. The molecule has 4 nitrogen and oxygen atoms in total. The van der Waals surface area contributed by atoms with Crippen molar-refractivity contribution in [2.45, 2.75) is 32.6 Å². The predicted octanol–water partition coefficient (Wildman–Crippen LogP) is 0.728. The van der Waals surface area contributed by atoms with E-state index < -0.39 is 9.84 Å².